The Hall–Kier alpha value is -1.74. The molecule has 0 saturated heterocycles. The number of aromatic nitrogens is 1. The van der Waals surface area contributed by atoms with Gasteiger partial charge < -0.3 is 9.88 Å². The molecule has 20 heavy (non-hydrogen) atoms. The molecule has 0 aliphatic carbocycles. The largest absolute Gasteiger partial charge is 0.385 e. The summed E-state index contributed by atoms with van der Waals surface area (Å²) in [6.45, 7) is 2.01. The maximum atomic E-state index is 3.60. The topological polar surface area (TPSA) is 17.0 Å². The average molecular weight is 329 g/mol. The van der Waals surface area contributed by atoms with E-state index in [4.69, 9.17) is 0 Å². The van der Waals surface area contributed by atoms with E-state index in [0.717, 1.165) is 24.0 Å². The number of anilines is 1. The van der Waals surface area contributed by atoms with Gasteiger partial charge in [0.15, 0.2) is 0 Å². The molecule has 1 N–H and O–H groups in total. The van der Waals surface area contributed by atoms with Crippen LogP contribution in [-0.2, 0) is 6.54 Å². The molecule has 2 aromatic carbocycles. The van der Waals surface area contributed by atoms with Crippen LogP contribution in [0.15, 0.2) is 65.3 Å². The van der Waals surface area contributed by atoms with Crippen molar-refractivity contribution in [2.45, 2.75) is 13.0 Å². The molecule has 0 aliphatic rings. The van der Waals surface area contributed by atoms with E-state index >= 15 is 0 Å². The highest BCUT2D eigenvalue weighted by Crippen LogP contribution is 2.24. The van der Waals surface area contributed by atoms with Crippen molar-refractivity contribution in [1.29, 1.82) is 0 Å². The molecule has 2 nitrogen and oxygen atoms in total. The molecule has 1 heterocycles. The number of fused-ring (bicyclic) bond motifs is 1. The van der Waals surface area contributed by atoms with E-state index in [0.29, 0.717) is 0 Å². The van der Waals surface area contributed by atoms with E-state index in [2.05, 4.69) is 80.5 Å². The molecule has 3 aromatic rings. The number of benzene rings is 2. The number of para-hydroxylation sites is 1. The Bertz CT molecular complexity index is 689. The molecule has 0 amide bonds. The number of nitrogens with zero attached hydrogens (tertiary/aromatic N) is 1. The molecule has 0 atom stereocenters. The van der Waals surface area contributed by atoms with Crippen LogP contribution >= 0.6 is 15.9 Å². The Kier molecular flexibility index (Phi) is 4.07. The highest BCUT2D eigenvalue weighted by atomic mass is 79.9. The highest BCUT2D eigenvalue weighted by Gasteiger charge is 2.03. The lowest BCUT2D eigenvalue weighted by atomic mass is 10.2. The number of rotatable bonds is 5. The minimum Gasteiger partial charge on any atom is -0.385 e. The lowest BCUT2D eigenvalue weighted by molar-refractivity contribution is 0.683. The van der Waals surface area contributed by atoms with Crippen molar-refractivity contribution in [2.24, 2.45) is 0 Å². The first-order valence-corrected chi connectivity index (χ1v) is 7.66. The fourth-order valence-corrected chi connectivity index (χ4v) is 2.91. The van der Waals surface area contributed by atoms with Gasteiger partial charge in [0.2, 0.25) is 0 Å². The van der Waals surface area contributed by atoms with E-state index in [1.165, 1.54) is 16.6 Å². The van der Waals surface area contributed by atoms with E-state index in [1.54, 1.807) is 0 Å². The molecule has 0 fully saturated rings. The van der Waals surface area contributed by atoms with Crippen molar-refractivity contribution in [2.75, 3.05) is 11.9 Å². The highest BCUT2D eigenvalue weighted by molar-refractivity contribution is 9.10. The van der Waals surface area contributed by atoms with Crippen molar-refractivity contribution in [1.82, 2.24) is 4.57 Å². The molecule has 3 rings (SSSR count). The predicted octanol–water partition coefficient (Wildman–Crippen LogP) is 4.91. The van der Waals surface area contributed by atoms with Gasteiger partial charge in [-0.1, -0.05) is 40.2 Å². The smallest absolute Gasteiger partial charge is 0.0491 e. The second-order valence-electron chi connectivity index (χ2n) is 4.83. The van der Waals surface area contributed by atoms with E-state index < -0.39 is 0 Å². The summed E-state index contributed by atoms with van der Waals surface area (Å²) < 4.78 is 3.48. The molecular formula is C17H17BrN2. The monoisotopic (exact) mass is 328 g/mol. The van der Waals surface area contributed by atoms with Crippen LogP contribution in [-0.4, -0.2) is 11.1 Å². The number of aryl methyl sites for hydroxylation is 1. The van der Waals surface area contributed by atoms with Gasteiger partial charge in [-0.25, -0.2) is 0 Å². The van der Waals surface area contributed by atoms with Crippen LogP contribution in [0, 0.1) is 0 Å². The third kappa shape index (κ3) is 2.88. The van der Waals surface area contributed by atoms with Gasteiger partial charge in [-0.2, -0.15) is 0 Å². The van der Waals surface area contributed by atoms with Gasteiger partial charge in [0.05, 0.1) is 0 Å². The quantitative estimate of drug-likeness (QED) is 0.659. The third-order valence-electron chi connectivity index (χ3n) is 3.44. The first-order chi connectivity index (χ1) is 9.84. The molecule has 0 aliphatic heterocycles. The summed E-state index contributed by atoms with van der Waals surface area (Å²) in [5.74, 6) is 0. The summed E-state index contributed by atoms with van der Waals surface area (Å²) in [5, 5.41) is 4.72. The van der Waals surface area contributed by atoms with Gasteiger partial charge >= 0.3 is 0 Å². The van der Waals surface area contributed by atoms with Gasteiger partial charge in [-0.3, -0.25) is 0 Å². The third-order valence-corrected chi connectivity index (χ3v) is 4.13. The summed E-state index contributed by atoms with van der Waals surface area (Å²) in [4.78, 5) is 0. The van der Waals surface area contributed by atoms with E-state index in [9.17, 15) is 0 Å². The van der Waals surface area contributed by atoms with Gasteiger partial charge in [-0.05, 0) is 36.8 Å². The molecule has 0 spiro atoms. The summed E-state index contributed by atoms with van der Waals surface area (Å²) in [5.41, 5.74) is 2.48. The molecule has 0 unspecified atom stereocenters. The Morgan fingerprint density at radius 2 is 1.80 bits per heavy atom. The fourth-order valence-electron chi connectivity index (χ4n) is 2.42. The van der Waals surface area contributed by atoms with Crippen molar-refractivity contribution in [3.8, 4) is 0 Å². The standard InChI is InChI=1S/C17H17BrN2/c18-16-8-4-9-17-15(16)10-13-20(17)12-5-11-19-14-6-2-1-3-7-14/h1-4,6-10,13,19H,5,11-12H2. The van der Waals surface area contributed by atoms with Crippen LogP contribution in [0.2, 0.25) is 0 Å². The van der Waals surface area contributed by atoms with E-state index in [1.807, 2.05) is 6.07 Å². The minimum absolute atomic E-state index is 0.984. The molecule has 0 radical (unpaired) electrons. The Balaban J connectivity index is 1.59. The van der Waals surface area contributed by atoms with Crippen LogP contribution < -0.4 is 5.32 Å². The molecule has 102 valence electrons. The van der Waals surface area contributed by atoms with Crippen molar-refractivity contribution in [3.05, 3.63) is 65.3 Å². The number of nitrogens with one attached hydrogen (secondary N) is 1. The first-order valence-electron chi connectivity index (χ1n) is 6.87. The van der Waals surface area contributed by atoms with Crippen molar-refractivity contribution < 1.29 is 0 Å². The zero-order valence-corrected chi connectivity index (χ0v) is 12.8. The zero-order valence-electron chi connectivity index (χ0n) is 11.2. The Morgan fingerprint density at radius 1 is 0.950 bits per heavy atom. The van der Waals surface area contributed by atoms with Gasteiger partial charge in [0, 0.05) is 40.3 Å². The molecule has 0 saturated carbocycles. The first kappa shape index (κ1) is 13.3. The normalized spacial score (nSPS) is 10.8. The number of hydrogen-bond acceptors (Lipinski definition) is 1. The lowest BCUT2D eigenvalue weighted by Crippen LogP contribution is -2.05. The van der Waals surface area contributed by atoms with Crippen LogP contribution in [0.3, 0.4) is 0 Å². The SMILES string of the molecule is Brc1cccc2c1ccn2CCCNc1ccccc1. The second-order valence-corrected chi connectivity index (χ2v) is 5.68. The van der Waals surface area contributed by atoms with Crippen LogP contribution in [0.1, 0.15) is 6.42 Å². The van der Waals surface area contributed by atoms with Gasteiger partial charge in [0.25, 0.3) is 0 Å². The van der Waals surface area contributed by atoms with Crippen molar-refractivity contribution in [3.63, 3.8) is 0 Å². The molecule has 1 aromatic heterocycles. The van der Waals surface area contributed by atoms with Gasteiger partial charge in [-0.15, -0.1) is 0 Å². The lowest BCUT2D eigenvalue weighted by Gasteiger charge is -2.08. The zero-order chi connectivity index (χ0) is 13.8. The fraction of sp³-hybridized carbons (Fsp3) is 0.176. The predicted molar refractivity (Wildman–Crippen MR) is 89.2 cm³/mol. The second kappa shape index (κ2) is 6.14. The van der Waals surface area contributed by atoms with Crippen LogP contribution in [0.4, 0.5) is 5.69 Å². The maximum absolute atomic E-state index is 3.60. The maximum Gasteiger partial charge on any atom is 0.0491 e. The number of halogens is 1. The molecule has 0 bridgehead atoms. The van der Waals surface area contributed by atoms with Crippen LogP contribution in [0.25, 0.3) is 10.9 Å². The summed E-state index contributed by atoms with van der Waals surface area (Å²) >= 11 is 3.60. The summed E-state index contributed by atoms with van der Waals surface area (Å²) in [6, 6.07) is 18.9. The van der Waals surface area contributed by atoms with Gasteiger partial charge in [0.1, 0.15) is 0 Å². The summed E-state index contributed by atoms with van der Waals surface area (Å²) in [7, 11) is 0. The minimum atomic E-state index is 0.984. The Labute approximate surface area is 127 Å². The molecular weight excluding hydrogens is 312 g/mol. The summed E-state index contributed by atoms with van der Waals surface area (Å²) in [6.07, 6.45) is 3.27. The Morgan fingerprint density at radius 3 is 2.65 bits per heavy atom. The van der Waals surface area contributed by atoms with Crippen LogP contribution in [0.5, 0.6) is 0 Å². The van der Waals surface area contributed by atoms with Crippen molar-refractivity contribution >= 4 is 32.5 Å². The number of hydrogen-bond donors (Lipinski definition) is 1. The molecule has 3 heteroatoms. The average Bonchev–Trinajstić information content (AvgIpc) is 2.90. The van der Waals surface area contributed by atoms with E-state index in [-0.39, 0.29) is 0 Å².